The summed E-state index contributed by atoms with van der Waals surface area (Å²) in [5, 5.41) is 0. The van der Waals surface area contributed by atoms with E-state index in [1.165, 1.54) is 5.56 Å². The van der Waals surface area contributed by atoms with Crippen LogP contribution in [0.2, 0.25) is 0 Å². The molecule has 3 rings (SSSR count). The lowest BCUT2D eigenvalue weighted by Crippen LogP contribution is -2.47. The van der Waals surface area contributed by atoms with E-state index in [0.29, 0.717) is 12.5 Å². The summed E-state index contributed by atoms with van der Waals surface area (Å²) in [4.78, 5) is 6.57. The summed E-state index contributed by atoms with van der Waals surface area (Å²) in [6, 6.07) is 16.5. The molecule has 0 aromatic heterocycles. The summed E-state index contributed by atoms with van der Waals surface area (Å²) in [5.74, 6) is 0.554. The van der Waals surface area contributed by atoms with E-state index in [2.05, 4.69) is 72.9 Å². The van der Waals surface area contributed by atoms with Gasteiger partial charge < -0.3 is 10.6 Å². The van der Waals surface area contributed by atoms with E-state index >= 15 is 0 Å². The van der Waals surface area contributed by atoms with Crippen LogP contribution in [-0.4, -0.2) is 12.5 Å². The fourth-order valence-corrected chi connectivity index (χ4v) is 3.34. The number of nitrogens with zero attached hydrogens (tertiary/aromatic N) is 2. The maximum absolute atomic E-state index is 6.16. The lowest BCUT2D eigenvalue weighted by atomic mass is 9.90. The molecule has 0 radical (unpaired) electrons. The molecule has 1 aliphatic rings. The van der Waals surface area contributed by atoms with Gasteiger partial charge in [0.25, 0.3) is 0 Å². The molecule has 1 heterocycles. The van der Waals surface area contributed by atoms with E-state index in [1.54, 1.807) is 0 Å². The Morgan fingerprint density at radius 3 is 2.48 bits per heavy atom. The van der Waals surface area contributed by atoms with E-state index in [1.807, 2.05) is 24.3 Å². The molecule has 2 N–H and O–H groups in total. The highest BCUT2D eigenvalue weighted by Crippen LogP contribution is 2.37. The molecule has 1 unspecified atom stereocenters. The Hall–Kier alpha value is -1.33. The molecule has 0 saturated carbocycles. The van der Waals surface area contributed by atoms with E-state index in [9.17, 15) is 0 Å². The fraction of sp³-hybridized carbons (Fsp3) is 0.188. The first kappa shape index (κ1) is 14.6. The van der Waals surface area contributed by atoms with Crippen molar-refractivity contribution in [3.8, 4) is 0 Å². The molecule has 0 aliphatic carbocycles. The number of nitrogens with two attached hydrogens (primary N) is 1. The highest BCUT2D eigenvalue weighted by atomic mass is 79.9. The van der Waals surface area contributed by atoms with Gasteiger partial charge in [-0.2, -0.15) is 0 Å². The van der Waals surface area contributed by atoms with Crippen LogP contribution in [0.1, 0.15) is 12.5 Å². The molecule has 0 amide bonds. The van der Waals surface area contributed by atoms with Crippen molar-refractivity contribution in [3.63, 3.8) is 0 Å². The van der Waals surface area contributed by atoms with Crippen LogP contribution in [0.25, 0.3) is 0 Å². The second-order valence-corrected chi connectivity index (χ2v) is 7.10. The molecule has 1 aliphatic heterocycles. The Morgan fingerprint density at radius 1 is 1.10 bits per heavy atom. The molecule has 2 aromatic rings. The van der Waals surface area contributed by atoms with Gasteiger partial charge in [0.2, 0.25) is 0 Å². The summed E-state index contributed by atoms with van der Waals surface area (Å²) in [6.07, 6.45) is 0. The lowest BCUT2D eigenvalue weighted by Gasteiger charge is -2.36. The van der Waals surface area contributed by atoms with Crippen LogP contribution in [0.3, 0.4) is 0 Å². The standard InChI is InChI=1S/C16H15Br2N3/c1-16(11-5-7-12(17)8-6-11)10-20-15(19)21(16)14-4-2-3-13(18)9-14/h2-9H,10H2,1H3,(H2,19,20). The number of anilines is 1. The van der Waals surface area contributed by atoms with Crippen LogP contribution in [0.15, 0.2) is 62.5 Å². The van der Waals surface area contributed by atoms with Gasteiger partial charge in [-0.1, -0.05) is 50.1 Å². The highest BCUT2D eigenvalue weighted by Gasteiger charge is 2.40. The smallest absolute Gasteiger partial charge is 0.196 e. The normalized spacial score (nSPS) is 21.5. The van der Waals surface area contributed by atoms with Gasteiger partial charge in [0.15, 0.2) is 5.96 Å². The molecule has 1 atom stereocenters. The van der Waals surface area contributed by atoms with Crippen molar-refractivity contribution in [2.45, 2.75) is 12.5 Å². The number of guanidine groups is 1. The maximum atomic E-state index is 6.16. The molecule has 0 saturated heterocycles. The average molecular weight is 409 g/mol. The van der Waals surface area contributed by atoms with Crippen molar-refractivity contribution < 1.29 is 0 Å². The predicted octanol–water partition coefficient (Wildman–Crippen LogP) is 4.26. The van der Waals surface area contributed by atoms with Crippen LogP contribution >= 0.6 is 31.9 Å². The zero-order chi connectivity index (χ0) is 15.0. The van der Waals surface area contributed by atoms with E-state index in [4.69, 9.17) is 5.73 Å². The molecular weight excluding hydrogens is 394 g/mol. The van der Waals surface area contributed by atoms with Gasteiger partial charge in [-0.3, -0.25) is 4.99 Å². The van der Waals surface area contributed by atoms with Gasteiger partial charge in [-0.25, -0.2) is 0 Å². The molecule has 108 valence electrons. The van der Waals surface area contributed by atoms with Crippen LogP contribution < -0.4 is 10.6 Å². The number of aliphatic imine (C=N–C) groups is 1. The van der Waals surface area contributed by atoms with Gasteiger partial charge >= 0.3 is 0 Å². The van der Waals surface area contributed by atoms with Gasteiger partial charge in [0.05, 0.1) is 12.1 Å². The summed E-state index contributed by atoms with van der Waals surface area (Å²) in [7, 11) is 0. The van der Waals surface area contributed by atoms with Crippen molar-refractivity contribution in [1.82, 2.24) is 0 Å². The third-order valence-electron chi connectivity index (χ3n) is 3.80. The topological polar surface area (TPSA) is 41.6 Å². The third-order valence-corrected chi connectivity index (χ3v) is 4.83. The van der Waals surface area contributed by atoms with Gasteiger partial charge in [0, 0.05) is 14.6 Å². The number of hydrogen-bond donors (Lipinski definition) is 1. The summed E-state index contributed by atoms with van der Waals surface area (Å²) in [6.45, 7) is 2.81. The maximum Gasteiger partial charge on any atom is 0.196 e. The largest absolute Gasteiger partial charge is 0.369 e. The second kappa shape index (κ2) is 5.46. The van der Waals surface area contributed by atoms with Crippen LogP contribution in [0, 0.1) is 0 Å². The molecule has 0 fully saturated rings. The Bertz CT molecular complexity index is 697. The first-order chi connectivity index (χ1) is 10.0. The van der Waals surface area contributed by atoms with E-state index in [-0.39, 0.29) is 5.54 Å². The van der Waals surface area contributed by atoms with Crippen LogP contribution in [0.5, 0.6) is 0 Å². The van der Waals surface area contributed by atoms with E-state index < -0.39 is 0 Å². The molecule has 0 bridgehead atoms. The molecule has 5 heteroatoms. The SMILES string of the molecule is CC1(c2ccc(Br)cc2)CN=C(N)N1c1cccc(Br)c1. The van der Waals surface area contributed by atoms with Crippen LogP contribution in [-0.2, 0) is 5.54 Å². The fourth-order valence-electron chi connectivity index (χ4n) is 2.69. The number of benzene rings is 2. The molecule has 3 nitrogen and oxygen atoms in total. The number of hydrogen-bond acceptors (Lipinski definition) is 3. The quantitative estimate of drug-likeness (QED) is 0.806. The average Bonchev–Trinajstić information content (AvgIpc) is 2.76. The van der Waals surface area contributed by atoms with Crippen molar-refractivity contribution in [2.75, 3.05) is 11.4 Å². The summed E-state index contributed by atoms with van der Waals surface area (Å²) in [5.41, 5.74) is 8.11. The van der Waals surface area contributed by atoms with Crippen molar-refractivity contribution in [1.29, 1.82) is 0 Å². The van der Waals surface area contributed by atoms with Crippen LogP contribution in [0.4, 0.5) is 5.69 Å². The van der Waals surface area contributed by atoms with Crippen molar-refractivity contribution >= 4 is 43.5 Å². The number of rotatable bonds is 2. The lowest BCUT2D eigenvalue weighted by molar-refractivity contribution is 0.533. The molecule has 2 aromatic carbocycles. The van der Waals surface area contributed by atoms with Crippen molar-refractivity contribution in [3.05, 3.63) is 63.0 Å². The minimum absolute atomic E-state index is 0.272. The first-order valence-electron chi connectivity index (χ1n) is 6.62. The first-order valence-corrected chi connectivity index (χ1v) is 8.21. The predicted molar refractivity (Wildman–Crippen MR) is 94.6 cm³/mol. The minimum Gasteiger partial charge on any atom is -0.369 e. The zero-order valence-corrected chi connectivity index (χ0v) is 14.7. The summed E-state index contributed by atoms with van der Waals surface area (Å²) >= 11 is 7.00. The number of halogens is 2. The molecular formula is C16H15Br2N3. The Labute approximate surface area is 141 Å². The van der Waals surface area contributed by atoms with Crippen molar-refractivity contribution in [2.24, 2.45) is 10.7 Å². The summed E-state index contributed by atoms with van der Waals surface area (Å²) < 4.78 is 2.09. The highest BCUT2D eigenvalue weighted by molar-refractivity contribution is 9.10. The van der Waals surface area contributed by atoms with Gasteiger partial charge in [0.1, 0.15) is 0 Å². The minimum atomic E-state index is -0.272. The third kappa shape index (κ3) is 2.60. The Morgan fingerprint density at radius 2 is 1.81 bits per heavy atom. The van der Waals surface area contributed by atoms with Gasteiger partial charge in [-0.05, 0) is 42.8 Å². The monoisotopic (exact) mass is 407 g/mol. The van der Waals surface area contributed by atoms with E-state index in [0.717, 1.165) is 14.6 Å². The molecule has 0 spiro atoms. The Kier molecular flexibility index (Phi) is 3.80. The Balaban J connectivity index is 2.07. The van der Waals surface area contributed by atoms with Gasteiger partial charge in [-0.15, -0.1) is 0 Å². The molecule has 21 heavy (non-hydrogen) atoms. The second-order valence-electron chi connectivity index (χ2n) is 5.27. The zero-order valence-electron chi connectivity index (χ0n) is 11.6.